The molecule has 0 heterocycles. The number of hydrogen-bond acceptors (Lipinski definition) is 5. The Balaban J connectivity index is 2.46. The van der Waals surface area contributed by atoms with E-state index in [-0.39, 0.29) is 11.9 Å². The monoisotopic (exact) mass is 586 g/mol. The number of amides is 4. The Hall–Kier alpha value is -3.10. The second-order valence-corrected chi connectivity index (χ2v) is 12.5. The second kappa shape index (κ2) is 17.8. The number of unbranched alkanes of at least 4 members (excludes halogenated alkanes) is 5. The average Bonchev–Trinajstić information content (AvgIpc) is 2.93. The van der Waals surface area contributed by atoms with Gasteiger partial charge in [-0.3, -0.25) is 14.4 Å². The molecule has 2 rings (SSSR count). The number of aryl methyl sites for hydroxylation is 1. The summed E-state index contributed by atoms with van der Waals surface area (Å²) in [6, 6.07) is 5.61. The molecule has 4 N–H and O–H groups in total. The highest BCUT2D eigenvalue weighted by atomic mass is 16.6. The van der Waals surface area contributed by atoms with E-state index in [1.807, 2.05) is 24.3 Å². The maximum absolute atomic E-state index is 14.2. The van der Waals surface area contributed by atoms with Crippen LogP contribution in [0.1, 0.15) is 129 Å². The fraction of sp³-hybridized carbons (Fsp3) is 0.697. The van der Waals surface area contributed by atoms with Crippen LogP contribution >= 0.6 is 0 Å². The zero-order valence-corrected chi connectivity index (χ0v) is 26.5. The molecule has 0 spiro atoms. The number of alkyl carbamates (subject to hydrolysis) is 1. The molecular formula is C33H54N4O5. The van der Waals surface area contributed by atoms with Gasteiger partial charge in [-0.05, 0) is 57.6 Å². The largest absolute Gasteiger partial charge is 0.444 e. The van der Waals surface area contributed by atoms with Crippen molar-refractivity contribution in [3.05, 3.63) is 35.4 Å². The SMILES string of the molecule is CCCCCCCCN(C(=O)C(CC(N)=O)NC(=O)OC(C)(C)C)C(C(=O)NC1CCCCC1)c1ccc(CC)cc1. The van der Waals surface area contributed by atoms with Gasteiger partial charge in [-0.1, -0.05) is 89.5 Å². The van der Waals surface area contributed by atoms with Crippen LogP contribution in [0, 0.1) is 0 Å². The van der Waals surface area contributed by atoms with Crippen molar-refractivity contribution in [2.45, 2.75) is 142 Å². The Morgan fingerprint density at radius 2 is 1.57 bits per heavy atom. The van der Waals surface area contributed by atoms with Crippen LogP contribution in [0.2, 0.25) is 0 Å². The molecule has 236 valence electrons. The topological polar surface area (TPSA) is 131 Å². The predicted octanol–water partition coefficient (Wildman–Crippen LogP) is 5.70. The molecule has 42 heavy (non-hydrogen) atoms. The van der Waals surface area contributed by atoms with E-state index in [9.17, 15) is 19.2 Å². The molecule has 0 saturated heterocycles. The molecule has 0 aliphatic heterocycles. The first-order chi connectivity index (χ1) is 19.9. The molecular weight excluding hydrogens is 532 g/mol. The summed E-state index contributed by atoms with van der Waals surface area (Å²) in [7, 11) is 0. The number of benzene rings is 1. The Kier molecular flexibility index (Phi) is 14.8. The van der Waals surface area contributed by atoms with Crippen LogP contribution < -0.4 is 16.4 Å². The van der Waals surface area contributed by atoms with Gasteiger partial charge < -0.3 is 26.0 Å². The van der Waals surface area contributed by atoms with Crippen molar-refractivity contribution in [3.8, 4) is 0 Å². The molecule has 2 unspecified atom stereocenters. The zero-order valence-electron chi connectivity index (χ0n) is 26.5. The van der Waals surface area contributed by atoms with E-state index in [2.05, 4.69) is 24.5 Å². The molecule has 0 radical (unpaired) electrons. The number of nitrogens with one attached hydrogen (secondary N) is 2. The summed E-state index contributed by atoms with van der Waals surface area (Å²) < 4.78 is 5.38. The molecule has 4 amide bonds. The first-order valence-corrected chi connectivity index (χ1v) is 15.9. The minimum absolute atomic E-state index is 0.0518. The van der Waals surface area contributed by atoms with Crippen molar-refractivity contribution >= 4 is 23.8 Å². The summed E-state index contributed by atoms with van der Waals surface area (Å²) in [6.07, 6.45) is 10.7. The molecule has 1 saturated carbocycles. The van der Waals surface area contributed by atoms with Crippen LogP contribution in [0.4, 0.5) is 4.79 Å². The first-order valence-electron chi connectivity index (χ1n) is 15.9. The third-order valence-electron chi connectivity index (χ3n) is 7.65. The van der Waals surface area contributed by atoms with Crippen molar-refractivity contribution in [1.29, 1.82) is 0 Å². The third kappa shape index (κ3) is 12.4. The van der Waals surface area contributed by atoms with Gasteiger partial charge in [0.2, 0.25) is 17.7 Å². The number of hydrogen-bond donors (Lipinski definition) is 3. The Morgan fingerprint density at radius 1 is 0.952 bits per heavy atom. The summed E-state index contributed by atoms with van der Waals surface area (Å²) in [5.41, 5.74) is 6.54. The minimum Gasteiger partial charge on any atom is -0.444 e. The number of rotatable bonds is 16. The maximum Gasteiger partial charge on any atom is 0.408 e. The fourth-order valence-electron chi connectivity index (χ4n) is 5.42. The highest BCUT2D eigenvalue weighted by Gasteiger charge is 2.37. The van der Waals surface area contributed by atoms with E-state index in [4.69, 9.17) is 10.5 Å². The molecule has 1 aliphatic rings. The maximum atomic E-state index is 14.2. The Morgan fingerprint density at radius 3 is 2.14 bits per heavy atom. The summed E-state index contributed by atoms with van der Waals surface area (Å²) in [4.78, 5) is 54.6. The lowest BCUT2D eigenvalue weighted by Crippen LogP contribution is -2.55. The molecule has 9 nitrogen and oxygen atoms in total. The highest BCUT2D eigenvalue weighted by Crippen LogP contribution is 2.26. The Labute approximate surface area is 252 Å². The highest BCUT2D eigenvalue weighted by molar-refractivity contribution is 5.94. The van der Waals surface area contributed by atoms with Crippen LogP contribution in [0.5, 0.6) is 0 Å². The smallest absolute Gasteiger partial charge is 0.408 e. The molecule has 2 atom stereocenters. The van der Waals surface area contributed by atoms with E-state index >= 15 is 0 Å². The minimum atomic E-state index is -1.27. The molecule has 0 bridgehead atoms. The van der Waals surface area contributed by atoms with Gasteiger partial charge in [0.1, 0.15) is 17.7 Å². The molecule has 1 aromatic carbocycles. The molecule has 0 aromatic heterocycles. The number of ether oxygens (including phenoxy) is 1. The van der Waals surface area contributed by atoms with E-state index in [0.29, 0.717) is 18.5 Å². The van der Waals surface area contributed by atoms with Crippen LogP contribution in [-0.2, 0) is 25.5 Å². The van der Waals surface area contributed by atoms with Gasteiger partial charge in [0.25, 0.3) is 0 Å². The lowest BCUT2D eigenvalue weighted by molar-refractivity contribution is -0.143. The molecule has 1 fully saturated rings. The van der Waals surface area contributed by atoms with Crippen molar-refractivity contribution in [1.82, 2.24) is 15.5 Å². The Bertz CT molecular complexity index is 999. The normalized spacial score (nSPS) is 15.4. The molecule has 9 heteroatoms. The van der Waals surface area contributed by atoms with Crippen LogP contribution in [0.3, 0.4) is 0 Å². The number of carbonyl (C=O) groups excluding carboxylic acids is 4. The number of primary amides is 1. The lowest BCUT2D eigenvalue weighted by Gasteiger charge is -2.35. The average molecular weight is 587 g/mol. The van der Waals surface area contributed by atoms with Crippen LogP contribution in [0.25, 0.3) is 0 Å². The van der Waals surface area contributed by atoms with Gasteiger partial charge in [-0.2, -0.15) is 0 Å². The summed E-state index contributed by atoms with van der Waals surface area (Å²) in [5, 5.41) is 5.78. The quantitative estimate of drug-likeness (QED) is 0.214. The van der Waals surface area contributed by atoms with E-state index < -0.39 is 42.0 Å². The molecule has 1 aromatic rings. The number of nitrogens with two attached hydrogens (primary N) is 1. The lowest BCUT2D eigenvalue weighted by atomic mass is 9.94. The standard InChI is InChI=1S/C33H54N4O5/c1-6-8-9-10-11-15-22-37(31(40)27(23-28(34)38)36-32(41)42-33(3,4)5)29(25-20-18-24(7-2)19-21-25)30(39)35-26-16-13-12-14-17-26/h18-21,26-27,29H,6-17,22-23H2,1-5H3,(H2,34,38)(H,35,39)(H,36,41). The van der Waals surface area contributed by atoms with Crippen molar-refractivity contribution in [2.75, 3.05) is 6.54 Å². The van der Waals surface area contributed by atoms with Gasteiger partial charge in [0.15, 0.2) is 0 Å². The summed E-state index contributed by atoms with van der Waals surface area (Å²) in [5.74, 6) is -1.52. The van der Waals surface area contributed by atoms with E-state index in [0.717, 1.165) is 76.2 Å². The zero-order chi connectivity index (χ0) is 31.1. The van der Waals surface area contributed by atoms with E-state index in [1.165, 1.54) is 4.90 Å². The fourth-order valence-corrected chi connectivity index (χ4v) is 5.42. The van der Waals surface area contributed by atoms with Gasteiger partial charge in [-0.25, -0.2) is 4.79 Å². The van der Waals surface area contributed by atoms with Crippen molar-refractivity contribution in [3.63, 3.8) is 0 Å². The number of nitrogens with zero attached hydrogens (tertiary/aromatic N) is 1. The molecule has 1 aliphatic carbocycles. The van der Waals surface area contributed by atoms with Crippen LogP contribution in [-0.4, -0.2) is 52.9 Å². The predicted molar refractivity (Wildman–Crippen MR) is 166 cm³/mol. The van der Waals surface area contributed by atoms with Gasteiger partial charge in [0, 0.05) is 12.6 Å². The first kappa shape index (κ1) is 35.1. The van der Waals surface area contributed by atoms with Crippen LogP contribution in [0.15, 0.2) is 24.3 Å². The number of carbonyl (C=O) groups is 4. The second-order valence-electron chi connectivity index (χ2n) is 12.5. The van der Waals surface area contributed by atoms with Gasteiger partial charge in [-0.15, -0.1) is 0 Å². The summed E-state index contributed by atoms with van der Waals surface area (Å²) in [6.45, 7) is 9.67. The third-order valence-corrected chi connectivity index (χ3v) is 7.65. The van der Waals surface area contributed by atoms with Gasteiger partial charge >= 0.3 is 6.09 Å². The van der Waals surface area contributed by atoms with Crippen molar-refractivity contribution < 1.29 is 23.9 Å². The van der Waals surface area contributed by atoms with Crippen molar-refractivity contribution in [2.24, 2.45) is 5.73 Å². The van der Waals surface area contributed by atoms with E-state index in [1.54, 1.807) is 20.8 Å². The summed E-state index contributed by atoms with van der Waals surface area (Å²) >= 11 is 0. The van der Waals surface area contributed by atoms with Gasteiger partial charge in [0.05, 0.1) is 6.42 Å².